The van der Waals surface area contributed by atoms with Crippen LogP contribution in [0.3, 0.4) is 0 Å². The van der Waals surface area contributed by atoms with Gasteiger partial charge < -0.3 is 14.6 Å². The first kappa shape index (κ1) is 26.7. The molecule has 5 aromatic rings. The zero-order valence-corrected chi connectivity index (χ0v) is 23.4. The Hall–Kier alpha value is -4.86. The van der Waals surface area contributed by atoms with Crippen LogP contribution in [-0.4, -0.2) is 17.1 Å². The van der Waals surface area contributed by atoms with Crippen molar-refractivity contribution < 1.29 is 9.53 Å². The largest absolute Gasteiger partial charge is 0.494 e. The SMILES string of the molecule is CCOc1ccc(NC(=O)/C(C#N)=C\c2cc(-c3ccccc3)n(-c3ccc(Br)cc3)c2-c2ccccc2)cc1. The van der Waals surface area contributed by atoms with Crippen LogP contribution in [0.25, 0.3) is 34.3 Å². The van der Waals surface area contributed by atoms with E-state index in [0.29, 0.717) is 18.0 Å². The molecule has 5 nitrogen and oxygen atoms in total. The van der Waals surface area contributed by atoms with Gasteiger partial charge in [0.25, 0.3) is 5.91 Å². The lowest BCUT2D eigenvalue weighted by molar-refractivity contribution is -0.112. The molecule has 0 bridgehead atoms. The van der Waals surface area contributed by atoms with E-state index in [1.807, 2.05) is 85.8 Å². The number of nitrogens with one attached hydrogen (secondary N) is 1. The molecule has 1 N–H and O–H groups in total. The number of ether oxygens (including phenoxy) is 1. The number of benzene rings is 4. The van der Waals surface area contributed by atoms with Crippen molar-refractivity contribution in [3.63, 3.8) is 0 Å². The van der Waals surface area contributed by atoms with E-state index in [-0.39, 0.29) is 5.57 Å². The number of aromatic nitrogens is 1. The van der Waals surface area contributed by atoms with Gasteiger partial charge in [0, 0.05) is 21.4 Å². The molecule has 0 radical (unpaired) electrons. The first-order valence-corrected chi connectivity index (χ1v) is 13.6. The first-order chi connectivity index (χ1) is 19.6. The van der Waals surface area contributed by atoms with Gasteiger partial charge in [-0.3, -0.25) is 4.79 Å². The summed E-state index contributed by atoms with van der Waals surface area (Å²) in [5.41, 5.74) is 6.08. The molecule has 4 aromatic carbocycles. The van der Waals surface area contributed by atoms with Crippen molar-refractivity contribution in [1.82, 2.24) is 4.57 Å². The van der Waals surface area contributed by atoms with E-state index >= 15 is 0 Å². The van der Waals surface area contributed by atoms with Crippen LogP contribution in [0, 0.1) is 11.3 Å². The normalized spacial score (nSPS) is 11.1. The minimum absolute atomic E-state index is 0.00127. The Kier molecular flexibility index (Phi) is 8.24. The van der Waals surface area contributed by atoms with Crippen LogP contribution in [-0.2, 0) is 4.79 Å². The van der Waals surface area contributed by atoms with Crippen LogP contribution in [0.4, 0.5) is 5.69 Å². The molecule has 0 aliphatic carbocycles. The fourth-order valence-electron chi connectivity index (χ4n) is 4.51. The summed E-state index contributed by atoms with van der Waals surface area (Å²) >= 11 is 3.54. The van der Waals surface area contributed by atoms with E-state index in [9.17, 15) is 10.1 Å². The average molecular weight is 589 g/mol. The highest BCUT2D eigenvalue weighted by molar-refractivity contribution is 9.10. The van der Waals surface area contributed by atoms with Crippen molar-refractivity contribution in [2.75, 3.05) is 11.9 Å². The quantitative estimate of drug-likeness (QED) is 0.146. The molecule has 6 heteroatoms. The van der Waals surface area contributed by atoms with Gasteiger partial charge in [-0.15, -0.1) is 0 Å². The Bertz CT molecular complexity index is 1680. The van der Waals surface area contributed by atoms with Crippen LogP contribution in [0.1, 0.15) is 12.5 Å². The monoisotopic (exact) mass is 587 g/mol. The summed E-state index contributed by atoms with van der Waals surface area (Å²) in [4.78, 5) is 13.2. The average Bonchev–Trinajstić information content (AvgIpc) is 3.37. The third-order valence-electron chi connectivity index (χ3n) is 6.32. The first-order valence-electron chi connectivity index (χ1n) is 12.9. The lowest BCUT2D eigenvalue weighted by atomic mass is 10.0. The Labute approximate surface area is 242 Å². The highest BCUT2D eigenvalue weighted by Crippen LogP contribution is 2.37. The molecular formula is C34H26BrN3O2. The van der Waals surface area contributed by atoms with Crippen molar-refractivity contribution in [1.29, 1.82) is 5.26 Å². The molecule has 0 aliphatic heterocycles. The maximum absolute atomic E-state index is 13.2. The fraction of sp³-hybridized carbons (Fsp3) is 0.0588. The molecule has 1 heterocycles. The third-order valence-corrected chi connectivity index (χ3v) is 6.85. The van der Waals surface area contributed by atoms with Gasteiger partial charge in [0.1, 0.15) is 17.4 Å². The molecule has 0 spiro atoms. The molecule has 0 saturated heterocycles. The molecule has 0 saturated carbocycles. The smallest absolute Gasteiger partial charge is 0.266 e. The minimum atomic E-state index is -0.483. The van der Waals surface area contributed by atoms with Crippen molar-refractivity contribution in [3.8, 4) is 40.0 Å². The number of carbonyl (C=O) groups is 1. The Morgan fingerprint density at radius 2 is 1.52 bits per heavy atom. The molecule has 0 atom stereocenters. The number of nitrogens with zero attached hydrogens (tertiary/aromatic N) is 2. The number of nitriles is 1. The Balaban J connectivity index is 1.65. The number of hydrogen-bond donors (Lipinski definition) is 1. The van der Waals surface area contributed by atoms with Gasteiger partial charge >= 0.3 is 0 Å². The maximum Gasteiger partial charge on any atom is 0.266 e. The van der Waals surface area contributed by atoms with Crippen LogP contribution < -0.4 is 10.1 Å². The van der Waals surface area contributed by atoms with Gasteiger partial charge in [-0.2, -0.15) is 5.26 Å². The van der Waals surface area contributed by atoms with E-state index in [4.69, 9.17) is 4.74 Å². The zero-order chi connectivity index (χ0) is 27.9. The number of hydrogen-bond acceptors (Lipinski definition) is 3. The highest BCUT2D eigenvalue weighted by atomic mass is 79.9. The molecule has 40 heavy (non-hydrogen) atoms. The maximum atomic E-state index is 13.2. The molecule has 196 valence electrons. The minimum Gasteiger partial charge on any atom is -0.494 e. The number of halogens is 1. The second-order valence-corrected chi connectivity index (χ2v) is 9.87. The van der Waals surface area contributed by atoms with Crippen molar-refractivity contribution in [3.05, 3.63) is 131 Å². The van der Waals surface area contributed by atoms with Gasteiger partial charge in [0.15, 0.2) is 0 Å². The number of amides is 1. The molecule has 1 amide bonds. The second kappa shape index (κ2) is 12.3. The molecule has 1 aromatic heterocycles. The summed E-state index contributed by atoms with van der Waals surface area (Å²) in [5, 5.41) is 12.9. The second-order valence-electron chi connectivity index (χ2n) is 8.96. The number of carbonyl (C=O) groups excluding carboxylic acids is 1. The topological polar surface area (TPSA) is 67.0 Å². The van der Waals surface area contributed by atoms with E-state index in [0.717, 1.165) is 38.2 Å². The summed E-state index contributed by atoms with van der Waals surface area (Å²) in [7, 11) is 0. The zero-order valence-electron chi connectivity index (χ0n) is 21.8. The Morgan fingerprint density at radius 1 is 0.900 bits per heavy atom. The highest BCUT2D eigenvalue weighted by Gasteiger charge is 2.20. The van der Waals surface area contributed by atoms with Crippen LogP contribution >= 0.6 is 15.9 Å². The van der Waals surface area contributed by atoms with Crippen LogP contribution in [0.5, 0.6) is 5.75 Å². The van der Waals surface area contributed by atoms with E-state index in [1.165, 1.54) is 0 Å². The van der Waals surface area contributed by atoms with Crippen molar-refractivity contribution in [2.24, 2.45) is 0 Å². The number of anilines is 1. The molecule has 0 fully saturated rings. The predicted molar refractivity (Wildman–Crippen MR) is 164 cm³/mol. The van der Waals surface area contributed by atoms with Gasteiger partial charge in [0.2, 0.25) is 0 Å². The van der Waals surface area contributed by atoms with Crippen molar-refractivity contribution >= 4 is 33.6 Å². The Morgan fingerprint density at radius 3 is 2.12 bits per heavy atom. The van der Waals surface area contributed by atoms with E-state index in [1.54, 1.807) is 30.3 Å². The van der Waals surface area contributed by atoms with Crippen molar-refractivity contribution in [2.45, 2.75) is 6.92 Å². The molecule has 5 rings (SSSR count). The summed E-state index contributed by atoms with van der Waals surface area (Å²) < 4.78 is 8.62. The van der Waals surface area contributed by atoms with Crippen LogP contribution in [0.2, 0.25) is 0 Å². The summed E-state index contributed by atoms with van der Waals surface area (Å²) in [5.74, 6) is 0.232. The molecular weight excluding hydrogens is 562 g/mol. The summed E-state index contributed by atoms with van der Waals surface area (Å²) in [6.45, 7) is 2.47. The lowest BCUT2D eigenvalue weighted by Gasteiger charge is -2.15. The lowest BCUT2D eigenvalue weighted by Crippen LogP contribution is -2.13. The predicted octanol–water partition coefficient (Wildman–Crippen LogP) is 8.52. The van der Waals surface area contributed by atoms with Crippen LogP contribution in [0.15, 0.2) is 125 Å². The van der Waals surface area contributed by atoms with E-state index in [2.05, 4.69) is 44.0 Å². The van der Waals surface area contributed by atoms with E-state index < -0.39 is 5.91 Å². The summed E-state index contributed by atoms with van der Waals surface area (Å²) in [6, 6.07) is 39.4. The van der Waals surface area contributed by atoms with Gasteiger partial charge in [-0.05, 0) is 78.7 Å². The molecule has 0 unspecified atom stereocenters. The fourth-order valence-corrected chi connectivity index (χ4v) is 4.78. The van der Waals surface area contributed by atoms with Gasteiger partial charge in [-0.1, -0.05) is 76.6 Å². The summed E-state index contributed by atoms with van der Waals surface area (Å²) in [6.07, 6.45) is 1.66. The van der Waals surface area contributed by atoms with Gasteiger partial charge in [0.05, 0.1) is 18.0 Å². The van der Waals surface area contributed by atoms with Gasteiger partial charge in [-0.25, -0.2) is 0 Å². The number of rotatable bonds is 8. The molecule has 0 aliphatic rings. The standard InChI is InChI=1S/C34H26BrN3O2/c1-2-40-31-19-15-29(16-20-31)37-34(39)27(23-36)21-26-22-32(24-9-5-3-6-10-24)38(30-17-13-28(35)14-18-30)33(26)25-11-7-4-8-12-25/h3-22H,2H2,1H3,(H,37,39)/b27-21-. The third kappa shape index (κ3) is 5.90.